The van der Waals surface area contributed by atoms with Crippen LogP contribution in [0.25, 0.3) is 0 Å². The van der Waals surface area contributed by atoms with Crippen LogP contribution in [0.5, 0.6) is 0 Å². The highest BCUT2D eigenvalue weighted by Gasteiger charge is 2.09. The van der Waals surface area contributed by atoms with Crippen LogP contribution in [0.1, 0.15) is 42.4 Å². The van der Waals surface area contributed by atoms with Crippen LogP contribution < -0.4 is 5.32 Å². The summed E-state index contributed by atoms with van der Waals surface area (Å²) in [6, 6.07) is 0. The minimum absolute atomic E-state index is 0.0835. The highest BCUT2D eigenvalue weighted by atomic mass is 16.1. The van der Waals surface area contributed by atoms with Crippen molar-refractivity contribution in [2.24, 2.45) is 0 Å². The summed E-state index contributed by atoms with van der Waals surface area (Å²) >= 11 is 0. The lowest BCUT2D eigenvalue weighted by Crippen LogP contribution is -2.25. The summed E-state index contributed by atoms with van der Waals surface area (Å²) in [5.74, 6) is -0.0835. The molecule has 14 heavy (non-hydrogen) atoms. The number of imidazole rings is 1. The van der Waals surface area contributed by atoms with E-state index in [-0.39, 0.29) is 5.91 Å². The number of aromatic nitrogens is 2. The Kier molecular flexibility index (Phi) is 4.16. The SMILES string of the molecule is CCCCCNC(=O)c1nc[nH]c1C. The van der Waals surface area contributed by atoms with Crippen molar-refractivity contribution in [3.05, 3.63) is 17.7 Å². The van der Waals surface area contributed by atoms with Crippen LogP contribution in [0.3, 0.4) is 0 Å². The third-order valence-electron chi connectivity index (χ3n) is 2.11. The van der Waals surface area contributed by atoms with Crippen molar-refractivity contribution in [1.29, 1.82) is 0 Å². The van der Waals surface area contributed by atoms with Crippen LogP contribution >= 0.6 is 0 Å². The quantitative estimate of drug-likeness (QED) is 0.702. The first-order valence-corrected chi connectivity index (χ1v) is 5.04. The molecular weight excluding hydrogens is 178 g/mol. The number of H-pyrrole nitrogens is 1. The Labute approximate surface area is 84.1 Å². The van der Waals surface area contributed by atoms with E-state index in [1.54, 1.807) is 0 Å². The fourth-order valence-electron chi connectivity index (χ4n) is 1.25. The topological polar surface area (TPSA) is 57.8 Å². The van der Waals surface area contributed by atoms with E-state index in [9.17, 15) is 4.79 Å². The van der Waals surface area contributed by atoms with E-state index in [0.717, 1.165) is 31.5 Å². The Morgan fingerprint density at radius 2 is 2.36 bits per heavy atom. The molecule has 0 unspecified atom stereocenters. The molecule has 0 radical (unpaired) electrons. The van der Waals surface area contributed by atoms with E-state index >= 15 is 0 Å². The molecule has 1 aromatic heterocycles. The molecular formula is C10H17N3O. The molecule has 0 bridgehead atoms. The maximum atomic E-state index is 11.5. The van der Waals surface area contributed by atoms with Gasteiger partial charge in [0, 0.05) is 12.2 Å². The average Bonchev–Trinajstić information content (AvgIpc) is 2.59. The molecule has 4 heteroatoms. The summed E-state index contributed by atoms with van der Waals surface area (Å²) in [5, 5.41) is 2.84. The number of carbonyl (C=O) groups excluding carboxylic acids is 1. The zero-order valence-corrected chi connectivity index (χ0v) is 8.76. The van der Waals surface area contributed by atoms with E-state index in [1.165, 1.54) is 6.33 Å². The maximum absolute atomic E-state index is 11.5. The van der Waals surface area contributed by atoms with Crippen molar-refractivity contribution >= 4 is 5.91 Å². The lowest BCUT2D eigenvalue weighted by Gasteiger charge is -2.02. The Hall–Kier alpha value is -1.32. The van der Waals surface area contributed by atoms with E-state index in [2.05, 4.69) is 22.2 Å². The van der Waals surface area contributed by atoms with Gasteiger partial charge in [-0.05, 0) is 13.3 Å². The first kappa shape index (κ1) is 10.8. The van der Waals surface area contributed by atoms with Crippen molar-refractivity contribution in [1.82, 2.24) is 15.3 Å². The van der Waals surface area contributed by atoms with Gasteiger partial charge in [0.15, 0.2) is 0 Å². The van der Waals surface area contributed by atoms with E-state index in [0.29, 0.717) is 5.69 Å². The third kappa shape index (κ3) is 2.87. The number of hydrogen-bond donors (Lipinski definition) is 2. The van der Waals surface area contributed by atoms with Gasteiger partial charge in [-0.2, -0.15) is 0 Å². The van der Waals surface area contributed by atoms with Gasteiger partial charge in [0.25, 0.3) is 5.91 Å². The molecule has 0 saturated carbocycles. The first-order valence-electron chi connectivity index (χ1n) is 5.04. The second kappa shape index (κ2) is 5.42. The highest BCUT2D eigenvalue weighted by molar-refractivity contribution is 5.93. The van der Waals surface area contributed by atoms with Gasteiger partial charge in [-0.15, -0.1) is 0 Å². The number of unbranched alkanes of at least 4 members (excludes halogenated alkanes) is 2. The van der Waals surface area contributed by atoms with Crippen molar-refractivity contribution in [2.75, 3.05) is 6.54 Å². The second-order valence-electron chi connectivity index (χ2n) is 3.34. The molecule has 2 N–H and O–H groups in total. The molecule has 0 fully saturated rings. The molecule has 78 valence electrons. The monoisotopic (exact) mass is 195 g/mol. The van der Waals surface area contributed by atoms with Crippen LogP contribution in [-0.4, -0.2) is 22.4 Å². The number of amides is 1. The maximum Gasteiger partial charge on any atom is 0.271 e. The van der Waals surface area contributed by atoms with Gasteiger partial charge in [-0.25, -0.2) is 4.98 Å². The van der Waals surface area contributed by atoms with Gasteiger partial charge in [-0.1, -0.05) is 19.8 Å². The number of rotatable bonds is 5. The Morgan fingerprint density at radius 1 is 1.57 bits per heavy atom. The van der Waals surface area contributed by atoms with Crippen LogP contribution in [0.4, 0.5) is 0 Å². The molecule has 1 heterocycles. The van der Waals surface area contributed by atoms with E-state index < -0.39 is 0 Å². The molecule has 0 aliphatic carbocycles. The summed E-state index contributed by atoms with van der Waals surface area (Å²) in [5.41, 5.74) is 1.32. The molecule has 0 saturated heterocycles. The van der Waals surface area contributed by atoms with Gasteiger partial charge < -0.3 is 10.3 Å². The number of aryl methyl sites for hydroxylation is 1. The fraction of sp³-hybridized carbons (Fsp3) is 0.600. The number of carbonyl (C=O) groups is 1. The smallest absolute Gasteiger partial charge is 0.271 e. The molecule has 1 amide bonds. The lowest BCUT2D eigenvalue weighted by atomic mass is 10.2. The van der Waals surface area contributed by atoms with Crippen LogP contribution in [-0.2, 0) is 0 Å². The van der Waals surface area contributed by atoms with Crippen LogP contribution in [0.2, 0.25) is 0 Å². The number of hydrogen-bond acceptors (Lipinski definition) is 2. The standard InChI is InChI=1S/C10H17N3O/c1-3-4-5-6-11-10(14)9-8(2)12-7-13-9/h7H,3-6H2,1-2H3,(H,11,14)(H,12,13). The lowest BCUT2D eigenvalue weighted by molar-refractivity contribution is 0.0948. The minimum Gasteiger partial charge on any atom is -0.351 e. The summed E-state index contributed by atoms with van der Waals surface area (Å²) in [4.78, 5) is 18.3. The van der Waals surface area contributed by atoms with E-state index in [4.69, 9.17) is 0 Å². The van der Waals surface area contributed by atoms with Crippen LogP contribution in [0, 0.1) is 6.92 Å². The Bertz CT molecular complexity index is 293. The molecule has 1 aromatic rings. The summed E-state index contributed by atoms with van der Waals surface area (Å²) in [7, 11) is 0. The number of nitrogens with zero attached hydrogens (tertiary/aromatic N) is 1. The summed E-state index contributed by atoms with van der Waals surface area (Å²) < 4.78 is 0. The van der Waals surface area contributed by atoms with Gasteiger partial charge >= 0.3 is 0 Å². The Balaban J connectivity index is 2.32. The predicted octanol–water partition coefficient (Wildman–Crippen LogP) is 1.64. The first-order chi connectivity index (χ1) is 6.75. The van der Waals surface area contributed by atoms with Gasteiger partial charge in [0.1, 0.15) is 5.69 Å². The van der Waals surface area contributed by atoms with Crippen molar-refractivity contribution in [3.63, 3.8) is 0 Å². The third-order valence-corrected chi connectivity index (χ3v) is 2.11. The van der Waals surface area contributed by atoms with Gasteiger partial charge in [0.05, 0.1) is 6.33 Å². The zero-order chi connectivity index (χ0) is 10.4. The fourth-order valence-corrected chi connectivity index (χ4v) is 1.25. The molecule has 0 aliphatic heterocycles. The molecule has 0 aromatic carbocycles. The van der Waals surface area contributed by atoms with Crippen molar-refractivity contribution in [2.45, 2.75) is 33.1 Å². The molecule has 1 rings (SSSR count). The minimum atomic E-state index is -0.0835. The normalized spacial score (nSPS) is 10.1. The molecule has 4 nitrogen and oxygen atoms in total. The summed E-state index contributed by atoms with van der Waals surface area (Å²) in [6.07, 6.45) is 4.89. The summed E-state index contributed by atoms with van der Waals surface area (Å²) in [6.45, 7) is 4.71. The number of aromatic amines is 1. The van der Waals surface area contributed by atoms with Crippen LogP contribution in [0.15, 0.2) is 6.33 Å². The predicted molar refractivity (Wildman–Crippen MR) is 55.2 cm³/mol. The largest absolute Gasteiger partial charge is 0.351 e. The molecule has 0 spiro atoms. The highest BCUT2D eigenvalue weighted by Crippen LogP contribution is 2.00. The Morgan fingerprint density at radius 3 is 2.93 bits per heavy atom. The average molecular weight is 195 g/mol. The van der Waals surface area contributed by atoms with E-state index in [1.807, 2.05) is 6.92 Å². The van der Waals surface area contributed by atoms with Crippen molar-refractivity contribution in [3.8, 4) is 0 Å². The van der Waals surface area contributed by atoms with Gasteiger partial charge in [0.2, 0.25) is 0 Å². The zero-order valence-electron chi connectivity index (χ0n) is 8.76. The van der Waals surface area contributed by atoms with Gasteiger partial charge in [-0.3, -0.25) is 4.79 Å². The molecule has 0 aliphatic rings. The van der Waals surface area contributed by atoms with Crippen molar-refractivity contribution < 1.29 is 4.79 Å². The molecule has 0 atom stereocenters. The second-order valence-corrected chi connectivity index (χ2v) is 3.34. The number of nitrogens with one attached hydrogen (secondary N) is 2.